The summed E-state index contributed by atoms with van der Waals surface area (Å²) in [6, 6.07) is 0.835. The molecule has 0 radical (unpaired) electrons. The Kier molecular flexibility index (Phi) is 5.30. The van der Waals surface area contributed by atoms with Crippen LogP contribution in [0.25, 0.3) is 0 Å². The Morgan fingerprint density at radius 3 is 2.76 bits per heavy atom. The van der Waals surface area contributed by atoms with Crippen molar-refractivity contribution in [3.8, 4) is 0 Å². The summed E-state index contributed by atoms with van der Waals surface area (Å²) in [7, 11) is 2.36. The predicted molar refractivity (Wildman–Crippen MR) is 74.3 cm³/mol. The van der Waals surface area contributed by atoms with E-state index in [1.807, 2.05) is 0 Å². The van der Waals surface area contributed by atoms with E-state index in [9.17, 15) is 0 Å². The van der Waals surface area contributed by atoms with Gasteiger partial charge in [-0.2, -0.15) is 0 Å². The fourth-order valence-electron chi connectivity index (χ4n) is 3.72. The van der Waals surface area contributed by atoms with Gasteiger partial charge in [-0.25, -0.2) is 0 Å². The average molecular weight is 238 g/mol. The Morgan fingerprint density at radius 2 is 1.94 bits per heavy atom. The van der Waals surface area contributed by atoms with Crippen LogP contribution in [-0.4, -0.2) is 37.6 Å². The summed E-state index contributed by atoms with van der Waals surface area (Å²) in [5.41, 5.74) is 0. The molecule has 1 aliphatic carbocycles. The zero-order chi connectivity index (χ0) is 12.1. The second kappa shape index (κ2) is 6.75. The number of nitrogens with zero attached hydrogens (tertiary/aromatic N) is 1. The summed E-state index contributed by atoms with van der Waals surface area (Å²) in [6.45, 7) is 6.22. The quantitative estimate of drug-likeness (QED) is 0.813. The first-order chi connectivity index (χ1) is 8.25. The molecular weight excluding hydrogens is 208 g/mol. The van der Waals surface area contributed by atoms with Crippen LogP contribution in [0.4, 0.5) is 0 Å². The summed E-state index contributed by atoms with van der Waals surface area (Å²) in [5, 5.41) is 3.52. The van der Waals surface area contributed by atoms with Crippen molar-refractivity contribution in [2.75, 3.05) is 26.7 Å². The standard InChI is InChI=1S/C15H30N2/c1-13-5-3-6-14(11-13)12-17(2)15-7-4-9-16-10-8-15/h13-16H,3-12H2,1-2H3. The molecule has 2 nitrogen and oxygen atoms in total. The zero-order valence-corrected chi connectivity index (χ0v) is 11.8. The van der Waals surface area contributed by atoms with Crippen molar-refractivity contribution in [1.82, 2.24) is 10.2 Å². The van der Waals surface area contributed by atoms with Crippen LogP contribution in [0.3, 0.4) is 0 Å². The van der Waals surface area contributed by atoms with Gasteiger partial charge in [-0.3, -0.25) is 0 Å². The number of nitrogens with one attached hydrogen (secondary N) is 1. The van der Waals surface area contributed by atoms with Gasteiger partial charge in [-0.05, 0) is 64.1 Å². The Hall–Kier alpha value is -0.0800. The van der Waals surface area contributed by atoms with E-state index in [4.69, 9.17) is 0 Å². The maximum atomic E-state index is 3.52. The Balaban J connectivity index is 1.76. The normalized spacial score (nSPS) is 35.8. The van der Waals surface area contributed by atoms with Crippen LogP contribution in [0.5, 0.6) is 0 Å². The minimum Gasteiger partial charge on any atom is -0.317 e. The van der Waals surface area contributed by atoms with Crippen molar-refractivity contribution in [3.05, 3.63) is 0 Å². The molecule has 1 heterocycles. The third-order valence-electron chi connectivity index (χ3n) is 4.76. The molecular formula is C15H30N2. The van der Waals surface area contributed by atoms with Crippen LogP contribution in [0.15, 0.2) is 0 Å². The molecule has 0 spiro atoms. The van der Waals surface area contributed by atoms with Gasteiger partial charge in [0.1, 0.15) is 0 Å². The lowest BCUT2D eigenvalue weighted by Gasteiger charge is -2.34. The zero-order valence-electron chi connectivity index (χ0n) is 11.8. The van der Waals surface area contributed by atoms with Gasteiger partial charge < -0.3 is 10.2 Å². The van der Waals surface area contributed by atoms with E-state index < -0.39 is 0 Å². The molecule has 1 N–H and O–H groups in total. The molecule has 100 valence electrons. The van der Waals surface area contributed by atoms with Crippen LogP contribution < -0.4 is 5.32 Å². The fourth-order valence-corrected chi connectivity index (χ4v) is 3.72. The lowest BCUT2D eigenvalue weighted by Crippen LogP contribution is -2.37. The van der Waals surface area contributed by atoms with Crippen LogP contribution >= 0.6 is 0 Å². The molecule has 0 amide bonds. The monoisotopic (exact) mass is 238 g/mol. The number of rotatable bonds is 3. The molecule has 3 atom stereocenters. The summed E-state index contributed by atoms with van der Waals surface area (Å²) in [4.78, 5) is 2.66. The summed E-state index contributed by atoms with van der Waals surface area (Å²) in [6.07, 6.45) is 9.97. The van der Waals surface area contributed by atoms with Gasteiger partial charge in [-0.15, -0.1) is 0 Å². The fraction of sp³-hybridized carbons (Fsp3) is 1.00. The Bertz CT molecular complexity index is 209. The highest BCUT2D eigenvalue weighted by Crippen LogP contribution is 2.29. The van der Waals surface area contributed by atoms with Crippen LogP contribution in [0.1, 0.15) is 51.9 Å². The number of hydrogen-bond donors (Lipinski definition) is 1. The van der Waals surface area contributed by atoms with Crippen molar-refractivity contribution in [3.63, 3.8) is 0 Å². The van der Waals surface area contributed by atoms with Crippen molar-refractivity contribution in [2.45, 2.75) is 57.9 Å². The molecule has 0 bridgehead atoms. The molecule has 1 aliphatic heterocycles. The molecule has 0 aromatic heterocycles. The lowest BCUT2D eigenvalue weighted by molar-refractivity contribution is 0.156. The first-order valence-electron chi connectivity index (χ1n) is 7.66. The van der Waals surface area contributed by atoms with Crippen LogP contribution in [-0.2, 0) is 0 Å². The minimum atomic E-state index is 0.835. The topological polar surface area (TPSA) is 15.3 Å². The lowest BCUT2D eigenvalue weighted by atomic mass is 9.82. The Labute approximate surface area is 107 Å². The first-order valence-corrected chi connectivity index (χ1v) is 7.66. The summed E-state index contributed by atoms with van der Waals surface area (Å²) >= 11 is 0. The van der Waals surface area contributed by atoms with Crippen LogP contribution in [0, 0.1) is 11.8 Å². The van der Waals surface area contributed by atoms with Crippen molar-refractivity contribution >= 4 is 0 Å². The molecule has 1 saturated carbocycles. The van der Waals surface area contributed by atoms with E-state index in [-0.39, 0.29) is 0 Å². The van der Waals surface area contributed by atoms with Crippen molar-refractivity contribution < 1.29 is 0 Å². The van der Waals surface area contributed by atoms with Gasteiger partial charge >= 0.3 is 0 Å². The molecule has 2 fully saturated rings. The highest BCUT2D eigenvalue weighted by Gasteiger charge is 2.23. The highest BCUT2D eigenvalue weighted by atomic mass is 15.1. The van der Waals surface area contributed by atoms with Gasteiger partial charge in [0.2, 0.25) is 0 Å². The molecule has 2 aliphatic rings. The second-order valence-electron chi connectivity index (χ2n) is 6.41. The SMILES string of the molecule is CC1CCCC(CN(C)C2CCCNCC2)C1. The van der Waals surface area contributed by atoms with E-state index in [0.29, 0.717) is 0 Å². The maximum Gasteiger partial charge on any atom is 0.0105 e. The van der Waals surface area contributed by atoms with Gasteiger partial charge in [0, 0.05) is 12.6 Å². The van der Waals surface area contributed by atoms with E-state index in [0.717, 1.165) is 17.9 Å². The highest BCUT2D eigenvalue weighted by molar-refractivity contribution is 4.78. The van der Waals surface area contributed by atoms with Crippen LogP contribution in [0.2, 0.25) is 0 Å². The molecule has 2 heteroatoms. The second-order valence-corrected chi connectivity index (χ2v) is 6.41. The summed E-state index contributed by atoms with van der Waals surface area (Å²) in [5.74, 6) is 1.94. The summed E-state index contributed by atoms with van der Waals surface area (Å²) < 4.78 is 0. The van der Waals surface area contributed by atoms with Gasteiger partial charge in [-0.1, -0.05) is 19.8 Å². The molecule has 17 heavy (non-hydrogen) atoms. The van der Waals surface area contributed by atoms with E-state index in [1.54, 1.807) is 0 Å². The molecule has 0 aromatic rings. The average Bonchev–Trinajstić information content (AvgIpc) is 2.57. The van der Waals surface area contributed by atoms with Gasteiger partial charge in [0.15, 0.2) is 0 Å². The van der Waals surface area contributed by atoms with Crippen molar-refractivity contribution in [2.24, 2.45) is 11.8 Å². The van der Waals surface area contributed by atoms with E-state index >= 15 is 0 Å². The molecule has 0 aromatic carbocycles. The smallest absolute Gasteiger partial charge is 0.0105 e. The predicted octanol–water partition coefficient (Wildman–Crippen LogP) is 2.89. The third kappa shape index (κ3) is 4.26. The molecule has 2 rings (SSSR count). The van der Waals surface area contributed by atoms with Crippen molar-refractivity contribution in [1.29, 1.82) is 0 Å². The molecule has 3 unspecified atom stereocenters. The first kappa shape index (κ1) is 13.4. The van der Waals surface area contributed by atoms with E-state index in [1.165, 1.54) is 64.6 Å². The molecule has 1 saturated heterocycles. The largest absolute Gasteiger partial charge is 0.317 e. The minimum absolute atomic E-state index is 0.835. The van der Waals surface area contributed by atoms with Gasteiger partial charge in [0.05, 0.1) is 0 Å². The maximum absolute atomic E-state index is 3.52. The van der Waals surface area contributed by atoms with E-state index in [2.05, 4.69) is 24.2 Å². The number of hydrogen-bond acceptors (Lipinski definition) is 2. The third-order valence-corrected chi connectivity index (χ3v) is 4.76. The Morgan fingerprint density at radius 1 is 1.06 bits per heavy atom. The van der Waals surface area contributed by atoms with Gasteiger partial charge in [0.25, 0.3) is 0 Å².